The molecule has 7 nitrogen and oxygen atoms in total. The average molecular weight is 387 g/mol. The first kappa shape index (κ1) is 19.3. The van der Waals surface area contributed by atoms with Crippen LogP contribution in [0.25, 0.3) is 0 Å². The second-order valence-electron chi connectivity index (χ2n) is 8.02. The third kappa shape index (κ3) is 4.70. The fourth-order valence-corrected chi connectivity index (χ4v) is 4.28. The number of ether oxygens (including phenoxy) is 2. The van der Waals surface area contributed by atoms with Crippen LogP contribution in [0.15, 0.2) is 18.3 Å². The molecule has 3 saturated heterocycles. The average Bonchev–Trinajstić information content (AvgIpc) is 3.44. The Morgan fingerprint density at radius 2 is 1.75 bits per heavy atom. The van der Waals surface area contributed by atoms with E-state index in [-0.39, 0.29) is 24.0 Å². The van der Waals surface area contributed by atoms with Gasteiger partial charge in [0.15, 0.2) is 0 Å². The minimum Gasteiger partial charge on any atom is -0.368 e. The molecule has 28 heavy (non-hydrogen) atoms. The number of likely N-dealkylation sites (tertiary alicyclic amines) is 1. The number of piperidine rings is 1. The van der Waals surface area contributed by atoms with Gasteiger partial charge in [0.05, 0.1) is 0 Å². The number of pyridine rings is 1. The Morgan fingerprint density at radius 3 is 2.36 bits per heavy atom. The van der Waals surface area contributed by atoms with E-state index in [4.69, 9.17) is 9.47 Å². The van der Waals surface area contributed by atoms with E-state index in [0.717, 1.165) is 58.0 Å². The smallest absolute Gasteiger partial charge is 0.254 e. The van der Waals surface area contributed by atoms with Crippen molar-refractivity contribution in [1.29, 1.82) is 0 Å². The van der Waals surface area contributed by atoms with Crippen molar-refractivity contribution in [2.45, 2.75) is 57.2 Å². The second-order valence-corrected chi connectivity index (χ2v) is 8.02. The van der Waals surface area contributed by atoms with Crippen LogP contribution in [0.3, 0.4) is 0 Å². The molecule has 3 aliphatic rings. The van der Waals surface area contributed by atoms with E-state index in [1.807, 2.05) is 23.2 Å². The molecule has 4 heterocycles. The Balaban J connectivity index is 1.22. The molecule has 1 aromatic rings. The fraction of sp³-hybridized carbons (Fsp3) is 0.667. The quantitative estimate of drug-likeness (QED) is 0.837. The van der Waals surface area contributed by atoms with Crippen molar-refractivity contribution in [2.24, 2.45) is 5.92 Å². The van der Waals surface area contributed by atoms with Crippen LogP contribution in [0, 0.1) is 5.92 Å². The first-order chi connectivity index (χ1) is 13.7. The summed E-state index contributed by atoms with van der Waals surface area (Å²) in [5.41, 5.74) is 1.17. The molecule has 2 atom stereocenters. The molecular weight excluding hydrogens is 358 g/mol. The number of carbonyl (C=O) groups excluding carboxylic acids is 2. The summed E-state index contributed by atoms with van der Waals surface area (Å²) in [6, 6.07) is 3.89. The lowest BCUT2D eigenvalue weighted by atomic mass is 9.90. The topological polar surface area (TPSA) is 80.8 Å². The number of anilines is 1. The first-order valence-corrected chi connectivity index (χ1v) is 10.5. The van der Waals surface area contributed by atoms with Crippen LogP contribution in [0.1, 0.15) is 44.1 Å². The largest absolute Gasteiger partial charge is 0.368 e. The summed E-state index contributed by atoms with van der Waals surface area (Å²) in [6.45, 7) is 2.99. The van der Waals surface area contributed by atoms with Crippen LogP contribution in [-0.2, 0) is 25.5 Å². The summed E-state index contributed by atoms with van der Waals surface area (Å²) in [7, 11) is 0. The van der Waals surface area contributed by atoms with Gasteiger partial charge in [0, 0.05) is 32.5 Å². The normalized spacial score (nSPS) is 25.8. The molecule has 0 aromatic carbocycles. The van der Waals surface area contributed by atoms with Crippen LogP contribution < -0.4 is 5.32 Å². The van der Waals surface area contributed by atoms with Crippen LogP contribution in [0.4, 0.5) is 5.82 Å². The Bertz CT molecular complexity index is 673. The number of nitrogens with one attached hydrogen (secondary N) is 1. The van der Waals surface area contributed by atoms with Crippen molar-refractivity contribution < 1.29 is 19.1 Å². The summed E-state index contributed by atoms with van der Waals surface area (Å²) in [6.07, 6.45) is 7.82. The van der Waals surface area contributed by atoms with Crippen LogP contribution in [0.2, 0.25) is 0 Å². The summed E-state index contributed by atoms with van der Waals surface area (Å²) in [5.74, 6) is 1.19. The zero-order valence-corrected chi connectivity index (χ0v) is 16.3. The van der Waals surface area contributed by atoms with E-state index >= 15 is 0 Å². The van der Waals surface area contributed by atoms with E-state index in [0.29, 0.717) is 24.9 Å². The highest BCUT2D eigenvalue weighted by Gasteiger charge is 2.31. The Kier molecular flexibility index (Phi) is 6.22. The standard InChI is InChI=1S/C21H29N3O4/c25-20(17-3-1-11-27-17)23-19-6-5-16(14-22-19)13-15-7-9-24(10-8-15)21(26)18-4-2-12-28-18/h5-6,14-15,17-18H,1-4,7-13H2,(H,22,23,25)/t17-,18-/m1/s1. The highest BCUT2D eigenvalue weighted by molar-refractivity contribution is 5.93. The van der Waals surface area contributed by atoms with E-state index in [2.05, 4.69) is 10.3 Å². The second kappa shape index (κ2) is 9.01. The summed E-state index contributed by atoms with van der Waals surface area (Å²) in [4.78, 5) is 30.9. The fourth-order valence-electron chi connectivity index (χ4n) is 4.28. The number of rotatable bonds is 5. The van der Waals surface area contributed by atoms with Gasteiger partial charge in [0.1, 0.15) is 18.0 Å². The van der Waals surface area contributed by atoms with Gasteiger partial charge in [-0.2, -0.15) is 0 Å². The molecule has 0 bridgehead atoms. The van der Waals surface area contributed by atoms with Crippen molar-refractivity contribution in [2.75, 3.05) is 31.6 Å². The van der Waals surface area contributed by atoms with E-state index < -0.39 is 0 Å². The van der Waals surface area contributed by atoms with Gasteiger partial charge in [-0.15, -0.1) is 0 Å². The third-order valence-corrected chi connectivity index (χ3v) is 5.95. The molecule has 7 heteroatoms. The van der Waals surface area contributed by atoms with Gasteiger partial charge in [-0.25, -0.2) is 4.98 Å². The summed E-state index contributed by atoms with van der Waals surface area (Å²) < 4.78 is 10.9. The lowest BCUT2D eigenvalue weighted by Gasteiger charge is -2.33. The maximum atomic E-state index is 12.4. The SMILES string of the molecule is O=C(Nc1ccc(CC2CCN(C(=O)[C@H]3CCCO3)CC2)cn1)[C@H]1CCCO1. The van der Waals surface area contributed by atoms with Crippen molar-refractivity contribution in [3.63, 3.8) is 0 Å². The lowest BCUT2D eigenvalue weighted by molar-refractivity contribution is -0.142. The van der Waals surface area contributed by atoms with E-state index in [1.54, 1.807) is 0 Å². The first-order valence-electron chi connectivity index (χ1n) is 10.5. The molecule has 1 N–H and O–H groups in total. The van der Waals surface area contributed by atoms with Gasteiger partial charge in [-0.3, -0.25) is 9.59 Å². The van der Waals surface area contributed by atoms with Gasteiger partial charge in [0.25, 0.3) is 11.8 Å². The van der Waals surface area contributed by atoms with Gasteiger partial charge in [0.2, 0.25) is 0 Å². The molecule has 0 aliphatic carbocycles. The number of carbonyl (C=O) groups is 2. The van der Waals surface area contributed by atoms with Crippen molar-refractivity contribution in [3.8, 4) is 0 Å². The number of aromatic nitrogens is 1. The molecular formula is C21H29N3O4. The minimum absolute atomic E-state index is 0.110. The van der Waals surface area contributed by atoms with Gasteiger partial charge in [-0.05, 0) is 62.5 Å². The zero-order valence-electron chi connectivity index (χ0n) is 16.3. The van der Waals surface area contributed by atoms with E-state index in [9.17, 15) is 9.59 Å². The number of hydrogen-bond acceptors (Lipinski definition) is 5. The lowest BCUT2D eigenvalue weighted by Crippen LogP contribution is -2.44. The molecule has 0 unspecified atom stereocenters. The summed E-state index contributed by atoms with van der Waals surface area (Å²) in [5, 5.41) is 2.83. The Morgan fingerprint density at radius 1 is 1.04 bits per heavy atom. The zero-order chi connectivity index (χ0) is 19.3. The van der Waals surface area contributed by atoms with Gasteiger partial charge < -0.3 is 19.7 Å². The maximum absolute atomic E-state index is 12.4. The molecule has 152 valence electrons. The highest BCUT2D eigenvalue weighted by atomic mass is 16.5. The molecule has 3 fully saturated rings. The highest BCUT2D eigenvalue weighted by Crippen LogP contribution is 2.24. The van der Waals surface area contributed by atoms with Crippen LogP contribution >= 0.6 is 0 Å². The molecule has 3 aliphatic heterocycles. The van der Waals surface area contributed by atoms with Gasteiger partial charge in [-0.1, -0.05) is 6.07 Å². The minimum atomic E-state index is -0.344. The number of nitrogens with zero attached hydrogens (tertiary/aromatic N) is 2. The molecule has 0 saturated carbocycles. The number of hydrogen-bond donors (Lipinski definition) is 1. The Hall–Kier alpha value is -1.99. The predicted octanol–water partition coefficient (Wildman–Crippen LogP) is 2.16. The molecule has 0 radical (unpaired) electrons. The van der Waals surface area contributed by atoms with E-state index in [1.165, 1.54) is 5.56 Å². The Labute approximate surface area is 165 Å². The van der Waals surface area contributed by atoms with Gasteiger partial charge >= 0.3 is 0 Å². The summed E-state index contributed by atoms with van der Waals surface area (Å²) >= 11 is 0. The van der Waals surface area contributed by atoms with Crippen molar-refractivity contribution in [3.05, 3.63) is 23.9 Å². The maximum Gasteiger partial charge on any atom is 0.254 e. The molecule has 4 rings (SSSR count). The third-order valence-electron chi connectivity index (χ3n) is 5.95. The monoisotopic (exact) mass is 387 g/mol. The molecule has 0 spiro atoms. The number of amides is 2. The molecule has 1 aromatic heterocycles. The van der Waals surface area contributed by atoms with Crippen LogP contribution in [0.5, 0.6) is 0 Å². The van der Waals surface area contributed by atoms with Crippen molar-refractivity contribution >= 4 is 17.6 Å². The predicted molar refractivity (Wildman–Crippen MR) is 104 cm³/mol. The van der Waals surface area contributed by atoms with Crippen LogP contribution in [-0.4, -0.2) is 60.2 Å². The molecule has 2 amide bonds. The van der Waals surface area contributed by atoms with Crippen molar-refractivity contribution in [1.82, 2.24) is 9.88 Å².